The van der Waals surface area contributed by atoms with Crippen LogP contribution in [0.15, 0.2) is 71.7 Å². The average Bonchev–Trinajstić information content (AvgIpc) is 2.76. The number of pyridine rings is 1. The van der Waals surface area contributed by atoms with E-state index in [4.69, 9.17) is 4.74 Å². The molecular formula is C24H16F3NO3. The number of nitrogens with zero attached hydrogens (tertiary/aromatic N) is 1. The first-order valence-corrected chi connectivity index (χ1v) is 9.33. The van der Waals surface area contributed by atoms with Crippen LogP contribution in [0, 0.1) is 17.5 Å². The van der Waals surface area contributed by atoms with Crippen molar-refractivity contribution in [1.29, 1.82) is 0 Å². The summed E-state index contributed by atoms with van der Waals surface area (Å²) in [6, 6.07) is 13.5. The van der Waals surface area contributed by atoms with Gasteiger partial charge in [0.1, 0.15) is 17.4 Å². The van der Waals surface area contributed by atoms with Gasteiger partial charge in [-0.25, -0.2) is 13.2 Å². The first-order valence-electron chi connectivity index (χ1n) is 9.33. The van der Waals surface area contributed by atoms with Gasteiger partial charge >= 0.3 is 0 Å². The summed E-state index contributed by atoms with van der Waals surface area (Å²) in [6.45, 7) is -0.158. The Morgan fingerprint density at radius 2 is 1.68 bits per heavy atom. The molecule has 0 fully saturated rings. The van der Waals surface area contributed by atoms with Gasteiger partial charge in [-0.2, -0.15) is 0 Å². The van der Waals surface area contributed by atoms with Gasteiger partial charge in [0, 0.05) is 23.4 Å². The van der Waals surface area contributed by atoms with Crippen LogP contribution in [0.3, 0.4) is 0 Å². The van der Waals surface area contributed by atoms with Crippen molar-refractivity contribution in [3.05, 3.63) is 111 Å². The molecule has 4 nitrogen and oxygen atoms in total. The van der Waals surface area contributed by atoms with Crippen LogP contribution in [0.1, 0.15) is 21.5 Å². The highest BCUT2D eigenvalue weighted by atomic mass is 19.1. The van der Waals surface area contributed by atoms with Crippen LogP contribution in [0.2, 0.25) is 0 Å². The second-order valence-corrected chi connectivity index (χ2v) is 6.93. The van der Waals surface area contributed by atoms with Gasteiger partial charge < -0.3 is 9.30 Å². The van der Waals surface area contributed by atoms with Gasteiger partial charge in [-0.15, -0.1) is 0 Å². The number of carbonyl (C=O) groups excluding carboxylic acids is 1. The van der Waals surface area contributed by atoms with Crippen LogP contribution in [0.25, 0.3) is 10.9 Å². The molecule has 0 aliphatic heterocycles. The third kappa shape index (κ3) is 3.82. The maximum atomic E-state index is 14.6. The lowest BCUT2D eigenvalue weighted by Crippen LogP contribution is -2.21. The first-order chi connectivity index (χ1) is 14.9. The lowest BCUT2D eigenvalue weighted by Gasteiger charge is -2.15. The molecule has 0 aliphatic carbocycles. The molecule has 7 heteroatoms. The minimum absolute atomic E-state index is 0.158. The van der Waals surface area contributed by atoms with Crippen molar-refractivity contribution in [3.63, 3.8) is 0 Å². The largest absolute Gasteiger partial charge is 0.497 e. The SMILES string of the molecule is COc1ccc(C(=O)c2cn(Cc3ccccc3F)c3c(F)cc(F)cc3c2=O)cc1. The summed E-state index contributed by atoms with van der Waals surface area (Å²) in [5.74, 6) is -2.56. The summed E-state index contributed by atoms with van der Waals surface area (Å²) in [5, 5.41) is -0.298. The Balaban J connectivity index is 1.93. The number of halogens is 3. The fraction of sp³-hybridized carbons (Fsp3) is 0.0833. The number of carbonyl (C=O) groups is 1. The molecular weight excluding hydrogens is 407 g/mol. The fourth-order valence-corrected chi connectivity index (χ4v) is 3.45. The third-order valence-corrected chi connectivity index (χ3v) is 4.98. The first kappa shape index (κ1) is 20.4. The lowest BCUT2D eigenvalue weighted by atomic mass is 10.0. The van der Waals surface area contributed by atoms with E-state index in [1.807, 2.05) is 0 Å². The van der Waals surface area contributed by atoms with Gasteiger partial charge in [-0.1, -0.05) is 18.2 Å². The van der Waals surface area contributed by atoms with E-state index >= 15 is 0 Å². The Labute approximate surface area is 175 Å². The number of benzene rings is 3. The summed E-state index contributed by atoms with van der Waals surface area (Å²) in [4.78, 5) is 26.0. The van der Waals surface area contributed by atoms with Crippen LogP contribution in [-0.2, 0) is 6.54 Å². The Bertz CT molecular complexity index is 1360. The molecule has 0 unspecified atom stereocenters. The van der Waals surface area contributed by atoms with Crippen LogP contribution < -0.4 is 10.2 Å². The molecule has 1 aromatic heterocycles. The standard InChI is InChI=1S/C24H16F3NO3/c1-31-17-8-6-14(7-9-17)23(29)19-13-28(12-15-4-2-3-5-20(15)26)22-18(24(19)30)10-16(25)11-21(22)27/h2-11,13H,12H2,1H3. The Morgan fingerprint density at radius 3 is 2.35 bits per heavy atom. The molecule has 156 valence electrons. The molecule has 0 amide bonds. The number of rotatable bonds is 5. The van der Waals surface area contributed by atoms with Gasteiger partial charge in [0.05, 0.1) is 30.1 Å². The highest BCUT2D eigenvalue weighted by Gasteiger charge is 2.20. The number of ketones is 1. The van der Waals surface area contributed by atoms with Gasteiger partial charge in [-0.3, -0.25) is 9.59 Å². The second-order valence-electron chi connectivity index (χ2n) is 6.93. The van der Waals surface area contributed by atoms with E-state index in [0.29, 0.717) is 11.8 Å². The van der Waals surface area contributed by atoms with E-state index in [1.165, 1.54) is 48.2 Å². The van der Waals surface area contributed by atoms with Crippen molar-refractivity contribution >= 4 is 16.7 Å². The maximum Gasteiger partial charge on any atom is 0.200 e. The van der Waals surface area contributed by atoms with Gasteiger partial charge in [0.25, 0.3) is 0 Å². The van der Waals surface area contributed by atoms with Crippen molar-refractivity contribution < 1.29 is 22.7 Å². The van der Waals surface area contributed by atoms with E-state index < -0.39 is 28.7 Å². The molecule has 0 bridgehead atoms. The molecule has 4 rings (SSSR count). The highest BCUT2D eigenvalue weighted by Crippen LogP contribution is 2.22. The van der Waals surface area contributed by atoms with Crippen molar-refractivity contribution in [2.24, 2.45) is 0 Å². The summed E-state index contributed by atoms with van der Waals surface area (Å²) in [7, 11) is 1.48. The van der Waals surface area contributed by atoms with E-state index in [2.05, 4.69) is 0 Å². The Kier molecular flexibility index (Phi) is 5.33. The second kappa shape index (κ2) is 8.10. The van der Waals surface area contributed by atoms with E-state index in [9.17, 15) is 22.8 Å². The fourth-order valence-electron chi connectivity index (χ4n) is 3.45. The van der Waals surface area contributed by atoms with Crippen LogP contribution >= 0.6 is 0 Å². The number of aromatic nitrogens is 1. The summed E-state index contributed by atoms with van der Waals surface area (Å²) in [6.07, 6.45) is 1.19. The molecule has 0 saturated carbocycles. The van der Waals surface area contributed by atoms with Crippen LogP contribution in [0.4, 0.5) is 13.2 Å². The smallest absolute Gasteiger partial charge is 0.200 e. The quantitative estimate of drug-likeness (QED) is 0.437. The molecule has 0 spiro atoms. The van der Waals surface area contributed by atoms with Crippen molar-refractivity contribution in [1.82, 2.24) is 4.57 Å². The Hall–Kier alpha value is -3.87. The molecule has 3 aromatic carbocycles. The normalized spacial score (nSPS) is 11.0. The van der Waals surface area contributed by atoms with Crippen molar-refractivity contribution in [3.8, 4) is 5.75 Å². The van der Waals surface area contributed by atoms with E-state index in [0.717, 1.165) is 6.07 Å². The maximum absolute atomic E-state index is 14.6. The molecule has 1 heterocycles. The molecule has 0 N–H and O–H groups in total. The number of hydrogen-bond donors (Lipinski definition) is 0. The molecule has 0 radical (unpaired) electrons. The minimum atomic E-state index is -0.980. The highest BCUT2D eigenvalue weighted by molar-refractivity contribution is 6.10. The molecule has 31 heavy (non-hydrogen) atoms. The lowest BCUT2D eigenvalue weighted by molar-refractivity contribution is 0.103. The zero-order valence-corrected chi connectivity index (χ0v) is 16.4. The van der Waals surface area contributed by atoms with Crippen molar-refractivity contribution in [2.75, 3.05) is 7.11 Å². The molecule has 0 aliphatic rings. The summed E-state index contributed by atoms with van der Waals surface area (Å²) < 4.78 is 49.1. The van der Waals surface area contributed by atoms with E-state index in [-0.39, 0.29) is 34.1 Å². The predicted molar refractivity (Wildman–Crippen MR) is 110 cm³/mol. The van der Waals surface area contributed by atoms with Gasteiger partial charge in [-0.05, 0) is 36.4 Å². The number of hydrogen-bond acceptors (Lipinski definition) is 3. The molecule has 0 saturated heterocycles. The zero-order valence-electron chi connectivity index (χ0n) is 16.4. The minimum Gasteiger partial charge on any atom is -0.497 e. The number of fused-ring (bicyclic) bond motifs is 1. The van der Waals surface area contributed by atoms with E-state index in [1.54, 1.807) is 18.2 Å². The average molecular weight is 423 g/mol. The van der Waals surface area contributed by atoms with Crippen LogP contribution in [-0.4, -0.2) is 17.5 Å². The number of ether oxygens (including phenoxy) is 1. The summed E-state index contributed by atoms with van der Waals surface area (Å²) in [5.41, 5.74) is -0.871. The van der Waals surface area contributed by atoms with Crippen LogP contribution in [0.5, 0.6) is 5.75 Å². The Morgan fingerprint density at radius 1 is 0.968 bits per heavy atom. The van der Waals surface area contributed by atoms with Crippen molar-refractivity contribution in [2.45, 2.75) is 6.54 Å². The van der Waals surface area contributed by atoms with Gasteiger partial charge in [0.15, 0.2) is 11.6 Å². The molecule has 4 aromatic rings. The predicted octanol–water partition coefficient (Wildman–Crippen LogP) is 4.71. The zero-order chi connectivity index (χ0) is 22.1. The topological polar surface area (TPSA) is 48.3 Å². The third-order valence-electron chi connectivity index (χ3n) is 4.98. The monoisotopic (exact) mass is 423 g/mol. The molecule has 0 atom stereocenters. The van der Waals surface area contributed by atoms with Gasteiger partial charge in [0.2, 0.25) is 5.43 Å². The summed E-state index contributed by atoms with van der Waals surface area (Å²) >= 11 is 0. The number of methoxy groups -OCH3 is 1.